The van der Waals surface area contributed by atoms with Gasteiger partial charge in [-0.3, -0.25) is 0 Å². The lowest BCUT2D eigenvalue weighted by molar-refractivity contribution is 0.0962. The molecule has 0 aliphatic carbocycles. The highest BCUT2D eigenvalue weighted by Crippen LogP contribution is 2.34. The summed E-state index contributed by atoms with van der Waals surface area (Å²) in [6.45, 7) is 13.2. The second kappa shape index (κ2) is 13.1. The van der Waals surface area contributed by atoms with E-state index in [4.69, 9.17) is 14.0 Å². The van der Waals surface area contributed by atoms with Gasteiger partial charge in [0.25, 0.3) is 0 Å². The number of aromatic amines is 1. The summed E-state index contributed by atoms with van der Waals surface area (Å²) < 4.78 is 17.9. The Balaban J connectivity index is 1.40. The molecule has 1 amide bonds. The predicted octanol–water partition coefficient (Wildman–Crippen LogP) is 5.90. The Labute approximate surface area is 250 Å². The van der Waals surface area contributed by atoms with Crippen molar-refractivity contribution >= 4 is 6.09 Å². The zero-order valence-electron chi connectivity index (χ0n) is 25.5. The monoisotopic (exact) mass is 589 g/mol. The number of amides is 1. The molecule has 0 saturated heterocycles. The zero-order chi connectivity index (χ0) is 31.3. The molecule has 0 spiro atoms. The van der Waals surface area contributed by atoms with Crippen molar-refractivity contribution in [2.75, 3.05) is 13.2 Å². The Morgan fingerprint density at radius 1 is 0.977 bits per heavy atom. The van der Waals surface area contributed by atoms with Crippen LogP contribution in [0.4, 0.5) is 4.79 Å². The van der Waals surface area contributed by atoms with Gasteiger partial charge in [0, 0.05) is 12.1 Å². The minimum absolute atomic E-state index is 0.141. The number of hydrogen-bond donors (Lipinski definition) is 2. The quantitative estimate of drug-likeness (QED) is 0.209. The molecule has 4 aromatic rings. The molecule has 10 heteroatoms. The van der Waals surface area contributed by atoms with Gasteiger partial charge in [0.15, 0.2) is 0 Å². The van der Waals surface area contributed by atoms with Gasteiger partial charge in [0.1, 0.15) is 18.1 Å². The summed E-state index contributed by atoms with van der Waals surface area (Å²) in [5, 5.41) is 9.49. The van der Waals surface area contributed by atoms with Crippen molar-refractivity contribution in [3.05, 3.63) is 103 Å². The first-order chi connectivity index (χ1) is 20.3. The smallest absolute Gasteiger partial charge is 0.440 e. The predicted molar refractivity (Wildman–Crippen MR) is 164 cm³/mol. The van der Waals surface area contributed by atoms with Crippen molar-refractivity contribution in [3.63, 3.8) is 0 Å². The fraction of sp³-hybridized carbons (Fsp3) is 0.364. The van der Waals surface area contributed by atoms with E-state index in [1.165, 1.54) is 4.90 Å². The van der Waals surface area contributed by atoms with Crippen LogP contribution in [0, 0.1) is 20.8 Å². The van der Waals surface area contributed by atoms with Gasteiger partial charge in [0.05, 0.1) is 13.2 Å². The van der Waals surface area contributed by atoms with Crippen molar-refractivity contribution in [1.29, 1.82) is 0 Å². The Hall–Kier alpha value is -4.73. The fourth-order valence-corrected chi connectivity index (χ4v) is 5.11. The number of nitrogens with zero attached hydrogens (tertiary/aromatic N) is 2. The summed E-state index contributed by atoms with van der Waals surface area (Å²) in [5.41, 5.74) is 6.37. The summed E-state index contributed by atoms with van der Waals surface area (Å²) in [7, 11) is 0. The number of H-pyrrole nitrogens is 1. The van der Waals surface area contributed by atoms with Crippen LogP contribution in [0.2, 0.25) is 0 Å². The van der Waals surface area contributed by atoms with E-state index >= 15 is 0 Å². The van der Waals surface area contributed by atoms with Crippen LogP contribution in [0.3, 0.4) is 0 Å². The lowest BCUT2D eigenvalue weighted by Gasteiger charge is -2.33. The third-order valence-corrected chi connectivity index (χ3v) is 7.33. The molecule has 0 fully saturated rings. The number of hydrogen-bond acceptors (Lipinski definition) is 6. The van der Waals surface area contributed by atoms with Crippen LogP contribution >= 0.6 is 0 Å². The average molecular weight is 590 g/mol. The Kier molecular flexibility index (Phi) is 9.48. The molecule has 43 heavy (non-hydrogen) atoms. The van der Waals surface area contributed by atoms with Gasteiger partial charge >= 0.3 is 17.5 Å². The minimum atomic E-state index is -0.927. The topological polar surface area (TPSA) is 127 Å². The molecule has 0 bridgehead atoms. The van der Waals surface area contributed by atoms with Crippen molar-refractivity contribution in [3.8, 4) is 22.6 Å². The Morgan fingerprint density at radius 2 is 1.65 bits per heavy atom. The third kappa shape index (κ3) is 7.77. The van der Waals surface area contributed by atoms with Gasteiger partial charge in [-0.25, -0.2) is 19.4 Å². The maximum Gasteiger partial charge on any atom is 0.440 e. The minimum Gasteiger partial charge on any atom is -0.494 e. The zero-order valence-corrected chi connectivity index (χ0v) is 25.5. The largest absolute Gasteiger partial charge is 0.494 e. The van der Waals surface area contributed by atoms with Crippen LogP contribution in [0.25, 0.3) is 11.1 Å². The van der Waals surface area contributed by atoms with Gasteiger partial charge in [-0.1, -0.05) is 30.3 Å². The van der Waals surface area contributed by atoms with E-state index < -0.39 is 23.1 Å². The van der Waals surface area contributed by atoms with Crippen LogP contribution in [0.1, 0.15) is 55.0 Å². The molecule has 3 aromatic carbocycles. The highest BCUT2D eigenvalue weighted by molar-refractivity contribution is 5.75. The van der Waals surface area contributed by atoms with Gasteiger partial charge in [-0.2, -0.15) is 0 Å². The normalized spacial score (nSPS) is 11.4. The van der Waals surface area contributed by atoms with Crippen LogP contribution in [-0.4, -0.2) is 44.5 Å². The fourth-order valence-electron chi connectivity index (χ4n) is 5.11. The second-order valence-corrected chi connectivity index (χ2v) is 11.6. The van der Waals surface area contributed by atoms with E-state index in [0.29, 0.717) is 31.9 Å². The van der Waals surface area contributed by atoms with Crippen LogP contribution in [0.5, 0.6) is 11.5 Å². The number of nitrogens with one attached hydrogen (secondary N) is 1. The number of aromatic nitrogens is 2. The molecule has 228 valence electrons. The van der Waals surface area contributed by atoms with E-state index in [1.807, 2.05) is 69.3 Å². The maximum atomic E-state index is 11.7. The Morgan fingerprint density at radius 3 is 2.23 bits per heavy atom. The number of ether oxygens (including phenoxy) is 2. The molecule has 0 unspecified atom stereocenters. The molecule has 4 rings (SSSR count). The number of carbonyl (C=O) groups is 1. The van der Waals surface area contributed by atoms with Crippen molar-refractivity contribution in [2.45, 2.75) is 66.7 Å². The standard InChI is InChI=1S/C33H39N3O7/c1-21-17-27(41-16-8-15-35(32(39)40)33(4,5)6)18-22(2)29(21)28-10-7-9-25(23(28)3)20-42-26-13-11-24(12-14-26)19-36-30(37)34-31(38)43-36/h7,9-14,17-18H,8,15-16,19-20H2,1-6H3,(H,39,40)(H,34,37,38). The van der Waals surface area contributed by atoms with Crippen molar-refractivity contribution < 1.29 is 23.9 Å². The lowest BCUT2D eigenvalue weighted by atomic mass is 9.90. The highest BCUT2D eigenvalue weighted by Gasteiger charge is 2.25. The molecular weight excluding hydrogens is 550 g/mol. The molecule has 0 aliphatic rings. The van der Waals surface area contributed by atoms with E-state index in [0.717, 1.165) is 49.4 Å². The van der Waals surface area contributed by atoms with E-state index in [1.54, 1.807) is 0 Å². The van der Waals surface area contributed by atoms with Gasteiger partial charge in [-0.15, -0.1) is 4.74 Å². The van der Waals surface area contributed by atoms with E-state index in [9.17, 15) is 19.5 Å². The molecule has 1 heterocycles. The molecule has 2 N–H and O–H groups in total. The van der Waals surface area contributed by atoms with Crippen LogP contribution in [0.15, 0.2) is 68.7 Å². The summed E-state index contributed by atoms with van der Waals surface area (Å²) in [4.78, 5) is 37.9. The molecule has 0 atom stereocenters. The molecule has 1 aromatic heterocycles. The van der Waals surface area contributed by atoms with E-state index in [-0.39, 0.29) is 6.54 Å². The SMILES string of the molecule is Cc1cc(OCCCN(C(=O)O)C(C)(C)C)cc(C)c1-c1cccc(COc2ccc(Cn3oc(=O)[nH]c3=O)cc2)c1C. The first kappa shape index (κ1) is 31.2. The highest BCUT2D eigenvalue weighted by atomic mass is 16.5. The number of aryl methyl sites for hydroxylation is 2. The van der Waals surface area contributed by atoms with Crippen LogP contribution in [-0.2, 0) is 13.2 Å². The summed E-state index contributed by atoms with van der Waals surface area (Å²) in [6.07, 6.45) is -0.331. The van der Waals surface area contributed by atoms with E-state index in [2.05, 4.69) is 31.8 Å². The molecular formula is C33H39N3O7. The van der Waals surface area contributed by atoms with Crippen molar-refractivity contribution in [2.24, 2.45) is 0 Å². The first-order valence-electron chi connectivity index (χ1n) is 14.2. The number of benzene rings is 3. The number of carboxylic acid groups (broad SMARTS) is 1. The molecule has 0 aliphatic heterocycles. The third-order valence-electron chi connectivity index (χ3n) is 7.33. The molecule has 0 saturated carbocycles. The molecule has 10 nitrogen and oxygen atoms in total. The summed E-state index contributed by atoms with van der Waals surface area (Å²) >= 11 is 0. The maximum absolute atomic E-state index is 11.7. The average Bonchev–Trinajstić information content (AvgIpc) is 3.24. The summed E-state index contributed by atoms with van der Waals surface area (Å²) in [6, 6.07) is 17.5. The van der Waals surface area contributed by atoms with Gasteiger partial charge in [-0.05, 0) is 111 Å². The lowest BCUT2D eigenvalue weighted by Crippen LogP contribution is -2.45. The van der Waals surface area contributed by atoms with Gasteiger partial charge in [0.2, 0.25) is 0 Å². The first-order valence-corrected chi connectivity index (χ1v) is 14.2. The second-order valence-electron chi connectivity index (χ2n) is 11.6. The van der Waals surface area contributed by atoms with Crippen molar-refractivity contribution in [1.82, 2.24) is 14.6 Å². The number of rotatable bonds is 11. The molecule has 0 radical (unpaired) electrons. The van der Waals surface area contributed by atoms with Gasteiger partial charge < -0.3 is 24.0 Å². The Bertz CT molecular complexity index is 1670. The summed E-state index contributed by atoms with van der Waals surface area (Å²) in [5.74, 6) is 0.662. The van der Waals surface area contributed by atoms with Crippen LogP contribution < -0.4 is 20.9 Å².